The van der Waals surface area contributed by atoms with Gasteiger partial charge < -0.3 is 10.0 Å². The predicted molar refractivity (Wildman–Crippen MR) is 102 cm³/mol. The summed E-state index contributed by atoms with van der Waals surface area (Å²) in [6.07, 6.45) is 0.144. The van der Waals surface area contributed by atoms with E-state index in [4.69, 9.17) is 5.11 Å². The third kappa shape index (κ3) is 4.32. The van der Waals surface area contributed by atoms with Crippen molar-refractivity contribution in [2.75, 3.05) is 18.1 Å². The fraction of sp³-hybridized carbons (Fsp3) is 0.421. The molecule has 6 nitrogen and oxygen atoms in total. The minimum atomic E-state index is -0.892. The maximum Gasteiger partial charge on any atom is 0.305 e. The number of rotatable bonds is 5. The van der Waals surface area contributed by atoms with Crippen molar-refractivity contribution in [2.45, 2.75) is 32.7 Å². The maximum atomic E-state index is 13.2. The van der Waals surface area contributed by atoms with Gasteiger partial charge in [-0.25, -0.2) is 9.07 Å². The summed E-state index contributed by atoms with van der Waals surface area (Å²) >= 11 is 1.68. The first-order valence-electron chi connectivity index (χ1n) is 8.77. The molecule has 8 heteroatoms. The minimum absolute atomic E-state index is 0.0362. The Morgan fingerprint density at radius 1 is 1.30 bits per heavy atom. The zero-order chi connectivity index (χ0) is 19.6. The Morgan fingerprint density at radius 2 is 2.00 bits per heavy atom. The molecule has 0 bridgehead atoms. The van der Waals surface area contributed by atoms with Crippen molar-refractivity contribution < 1.29 is 19.1 Å². The van der Waals surface area contributed by atoms with Gasteiger partial charge in [0.15, 0.2) is 0 Å². The molecule has 144 valence electrons. The Hall–Kier alpha value is -2.35. The van der Waals surface area contributed by atoms with Crippen LogP contribution in [0.5, 0.6) is 0 Å². The van der Waals surface area contributed by atoms with Crippen LogP contribution in [0, 0.1) is 19.7 Å². The molecule has 1 saturated heterocycles. The molecule has 1 aromatic carbocycles. The number of thioether (sulfide) groups is 1. The zero-order valence-corrected chi connectivity index (χ0v) is 16.1. The van der Waals surface area contributed by atoms with E-state index >= 15 is 0 Å². The van der Waals surface area contributed by atoms with E-state index in [0.717, 1.165) is 28.4 Å². The number of benzene rings is 1. The molecule has 1 fully saturated rings. The van der Waals surface area contributed by atoms with E-state index in [1.54, 1.807) is 33.5 Å². The van der Waals surface area contributed by atoms with E-state index in [-0.39, 0.29) is 30.6 Å². The first kappa shape index (κ1) is 19.4. The minimum Gasteiger partial charge on any atom is -0.481 e. The molecule has 0 aliphatic carbocycles. The number of hydrogen-bond donors (Lipinski definition) is 1. The third-order valence-corrected chi connectivity index (χ3v) is 5.89. The quantitative estimate of drug-likeness (QED) is 0.848. The summed E-state index contributed by atoms with van der Waals surface area (Å²) in [6, 6.07) is 5.76. The summed E-state index contributed by atoms with van der Waals surface area (Å²) in [6.45, 7) is 4.29. The molecule has 1 aromatic heterocycles. The number of nitrogens with zero attached hydrogens (tertiary/aromatic N) is 3. The van der Waals surface area contributed by atoms with Crippen LogP contribution in [0.1, 0.15) is 23.4 Å². The Kier molecular flexibility index (Phi) is 5.84. The second-order valence-corrected chi connectivity index (χ2v) is 7.78. The van der Waals surface area contributed by atoms with Crippen LogP contribution in [0.25, 0.3) is 5.69 Å². The molecule has 1 aliphatic rings. The number of hydrogen-bond acceptors (Lipinski definition) is 4. The lowest BCUT2D eigenvalue weighted by Gasteiger charge is -2.34. The predicted octanol–water partition coefficient (Wildman–Crippen LogP) is 2.59. The number of carboxylic acid groups (broad SMARTS) is 1. The van der Waals surface area contributed by atoms with Crippen molar-refractivity contribution in [3.63, 3.8) is 0 Å². The maximum absolute atomic E-state index is 13.2. The Morgan fingerprint density at radius 3 is 2.67 bits per heavy atom. The summed E-state index contributed by atoms with van der Waals surface area (Å²) in [5.41, 5.74) is 3.13. The lowest BCUT2D eigenvalue weighted by Crippen LogP contribution is -2.47. The van der Waals surface area contributed by atoms with Gasteiger partial charge in [0.1, 0.15) is 5.82 Å². The lowest BCUT2D eigenvalue weighted by molar-refractivity contribution is -0.140. The second-order valence-electron chi connectivity index (χ2n) is 6.63. The van der Waals surface area contributed by atoms with Crippen LogP contribution < -0.4 is 0 Å². The van der Waals surface area contributed by atoms with Gasteiger partial charge in [0.25, 0.3) is 0 Å². The molecule has 1 amide bonds. The van der Waals surface area contributed by atoms with Crippen LogP contribution in [0.4, 0.5) is 4.39 Å². The van der Waals surface area contributed by atoms with E-state index in [1.807, 2.05) is 13.8 Å². The summed E-state index contributed by atoms with van der Waals surface area (Å²) in [4.78, 5) is 25.7. The zero-order valence-electron chi connectivity index (χ0n) is 15.3. The molecule has 27 heavy (non-hydrogen) atoms. The van der Waals surface area contributed by atoms with Crippen molar-refractivity contribution in [2.24, 2.45) is 0 Å². The number of halogens is 1. The smallest absolute Gasteiger partial charge is 0.305 e. The molecule has 0 radical (unpaired) electrons. The highest BCUT2D eigenvalue weighted by Gasteiger charge is 2.29. The van der Waals surface area contributed by atoms with Crippen LogP contribution in [0.15, 0.2) is 24.3 Å². The topological polar surface area (TPSA) is 75.4 Å². The fourth-order valence-electron chi connectivity index (χ4n) is 3.37. The van der Waals surface area contributed by atoms with Crippen LogP contribution in [0.2, 0.25) is 0 Å². The van der Waals surface area contributed by atoms with Gasteiger partial charge in [0.2, 0.25) is 5.91 Å². The van der Waals surface area contributed by atoms with Gasteiger partial charge in [0.05, 0.1) is 30.3 Å². The van der Waals surface area contributed by atoms with E-state index in [1.165, 1.54) is 12.1 Å². The Labute approximate surface area is 161 Å². The largest absolute Gasteiger partial charge is 0.481 e. The second kappa shape index (κ2) is 8.12. The average Bonchev–Trinajstić information content (AvgIpc) is 2.90. The molecule has 1 unspecified atom stereocenters. The standard InChI is InChI=1S/C19H22FN3O3S/c1-12-17(13(2)23(21-12)15-5-3-14(20)4-6-15)10-18(24)22-7-8-27-11-16(22)9-19(25)26/h3-6,16H,7-11H2,1-2H3,(H,25,26). The van der Waals surface area contributed by atoms with Crippen LogP contribution >= 0.6 is 11.8 Å². The van der Waals surface area contributed by atoms with Crippen LogP contribution in [-0.4, -0.2) is 55.8 Å². The first-order chi connectivity index (χ1) is 12.9. The molecule has 1 N–H and O–H groups in total. The van der Waals surface area contributed by atoms with Gasteiger partial charge in [0, 0.05) is 29.3 Å². The Balaban J connectivity index is 1.81. The lowest BCUT2D eigenvalue weighted by atomic mass is 10.1. The molecule has 2 aromatic rings. The van der Waals surface area contributed by atoms with Crippen molar-refractivity contribution >= 4 is 23.6 Å². The van der Waals surface area contributed by atoms with Gasteiger partial charge >= 0.3 is 5.97 Å². The number of aliphatic carboxylic acids is 1. The first-order valence-corrected chi connectivity index (χ1v) is 9.92. The SMILES string of the molecule is Cc1nn(-c2ccc(F)cc2)c(C)c1CC(=O)N1CCSCC1CC(=O)O. The molecule has 1 atom stereocenters. The summed E-state index contributed by atoms with van der Waals surface area (Å²) in [5, 5.41) is 13.6. The van der Waals surface area contributed by atoms with E-state index in [2.05, 4.69) is 5.10 Å². The monoisotopic (exact) mass is 391 g/mol. The van der Waals surface area contributed by atoms with Gasteiger partial charge in [-0.2, -0.15) is 16.9 Å². The highest BCUT2D eigenvalue weighted by atomic mass is 32.2. The summed E-state index contributed by atoms with van der Waals surface area (Å²) < 4.78 is 14.9. The third-order valence-electron chi connectivity index (χ3n) is 4.80. The van der Waals surface area contributed by atoms with E-state index < -0.39 is 5.97 Å². The van der Waals surface area contributed by atoms with Gasteiger partial charge in [-0.15, -0.1) is 0 Å². The number of carboxylic acids is 1. The van der Waals surface area contributed by atoms with Crippen LogP contribution in [0.3, 0.4) is 0 Å². The van der Waals surface area contributed by atoms with Crippen molar-refractivity contribution in [1.82, 2.24) is 14.7 Å². The average molecular weight is 391 g/mol. The Bertz CT molecular complexity index is 851. The van der Waals surface area contributed by atoms with Crippen LogP contribution in [-0.2, 0) is 16.0 Å². The molecular formula is C19H22FN3O3S. The van der Waals surface area contributed by atoms with Crippen molar-refractivity contribution in [3.8, 4) is 5.69 Å². The molecular weight excluding hydrogens is 369 g/mol. The van der Waals surface area contributed by atoms with Gasteiger partial charge in [-0.3, -0.25) is 9.59 Å². The summed E-state index contributed by atoms with van der Waals surface area (Å²) in [5.74, 6) is 0.172. The molecule has 0 spiro atoms. The number of amides is 1. The highest BCUT2D eigenvalue weighted by molar-refractivity contribution is 7.99. The molecule has 0 saturated carbocycles. The highest BCUT2D eigenvalue weighted by Crippen LogP contribution is 2.23. The molecule has 1 aliphatic heterocycles. The number of carbonyl (C=O) groups excluding carboxylic acids is 1. The normalized spacial score (nSPS) is 17.1. The summed E-state index contributed by atoms with van der Waals surface area (Å²) in [7, 11) is 0. The van der Waals surface area contributed by atoms with E-state index in [0.29, 0.717) is 12.3 Å². The van der Waals surface area contributed by atoms with Gasteiger partial charge in [-0.1, -0.05) is 0 Å². The number of carbonyl (C=O) groups is 2. The van der Waals surface area contributed by atoms with Gasteiger partial charge in [-0.05, 0) is 38.1 Å². The number of aryl methyl sites for hydroxylation is 1. The molecule has 2 heterocycles. The molecule has 3 rings (SSSR count). The fourth-order valence-corrected chi connectivity index (χ4v) is 4.43. The number of aromatic nitrogens is 2. The van der Waals surface area contributed by atoms with E-state index in [9.17, 15) is 14.0 Å². The van der Waals surface area contributed by atoms with Crippen molar-refractivity contribution in [1.29, 1.82) is 0 Å². The van der Waals surface area contributed by atoms with Crippen molar-refractivity contribution in [3.05, 3.63) is 47.0 Å².